The van der Waals surface area contributed by atoms with E-state index < -0.39 is 11.6 Å². The molecule has 0 saturated carbocycles. The number of ether oxygens (including phenoxy) is 1. The largest absolute Gasteiger partial charge is 0.469 e. The van der Waals surface area contributed by atoms with E-state index in [0.29, 0.717) is 25.6 Å². The Morgan fingerprint density at radius 1 is 1.42 bits per heavy atom. The maximum absolute atomic E-state index is 13.7. The highest BCUT2D eigenvalue weighted by Crippen LogP contribution is 2.24. The summed E-state index contributed by atoms with van der Waals surface area (Å²) in [4.78, 5) is 18.2. The number of benzene rings is 1. The van der Waals surface area contributed by atoms with Crippen molar-refractivity contribution < 1.29 is 18.3 Å². The van der Waals surface area contributed by atoms with Crippen molar-refractivity contribution in [1.29, 1.82) is 0 Å². The lowest BCUT2D eigenvalue weighted by Gasteiger charge is -2.21. The number of hydrogen-bond acceptors (Lipinski definition) is 3. The number of halogens is 2. The zero-order chi connectivity index (χ0) is 17.7. The van der Waals surface area contributed by atoms with Crippen molar-refractivity contribution in [2.24, 2.45) is 16.8 Å². The van der Waals surface area contributed by atoms with Crippen LogP contribution in [0.3, 0.4) is 0 Å². The lowest BCUT2D eigenvalue weighted by molar-refractivity contribution is -0.145. The molecule has 2 rings (SSSR count). The second-order valence-corrected chi connectivity index (χ2v) is 5.92. The summed E-state index contributed by atoms with van der Waals surface area (Å²) in [7, 11) is 1.38. The van der Waals surface area contributed by atoms with Gasteiger partial charge in [0.1, 0.15) is 11.6 Å². The smallest absolute Gasteiger partial charge is 0.310 e. The highest BCUT2D eigenvalue weighted by molar-refractivity contribution is 5.82. The summed E-state index contributed by atoms with van der Waals surface area (Å²) in [6.07, 6.45) is 0. The molecule has 1 aromatic carbocycles. The molecule has 1 aliphatic rings. The molecule has 7 heteroatoms. The number of carbonyl (C=O) groups is 1. The minimum Gasteiger partial charge on any atom is -0.469 e. The number of carbonyl (C=O) groups excluding carboxylic acids is 1. The lowest BCUT2D eigenvalue weighted by atomic mass is 9.99. The molecule has 1 heterocycles. The quantitative estimate of drug-likeness (QED) is 0.519. The summed E-state index contributed by atoms with van der Waals surface area (Å²) in [5.74, 6) is -0.723. The lowest BCUT2D eigenvalue weighted by Crippen LogP contribution is -2.40. The Morgan fingerprint density at radius 3 is 2.83 bits per heavy atom. The van der Waals surface area contributed by atoms with Gasteiger partial charge in [0.2, 0.25) is 0 Å². The summed E-state index contributed by atoms with van der Waals surface area (Å²) in [6, 6.07) is 3.32. The number of aliphatic imine (C=N–C) groups is 1. The highest BCUT2D eigenvalue weighted by Gasteiger charge is 2.36. The Balaban J connectivity index is 2.14. The molecule has 24 heavy (non-hydrogen) atoms. The van der Waals surface area contributed by atoms with Crippen LogP contribution in [0.1, 0.15) is 19.4 Å². The summed E-state index contributed by atoms with van der Waals surface area (Å²) in [5, 5.41) is 3.13. The normalized spacial score (nSPS) is 21.0. The molecule has 1 aromatic rings. The molecule has 0 amide bonds. The maximum atomic E-state index is 13.7. The van der Waals surface area contributed by atoms with Gasteiger partial charge in [-0.25, -0.2) is 13.8 Å². The predicted octanol–water partition coefficient (Wildman–Crippen LogP) is 2.17. The highest BCUT2D eigenvalue weighted by atomic mass is 19.1. The molecule has 0 bridgehead atoms. The van der Waals surface area contributed by atoms with Gasteiger partial charge in [0.15, 0.2) is 5.96 Å². The molecule has 0 radical (unpaired) electrons. The Bertz CT molecular complexity index is 622. The number of likely N-dealkylation sites (tertiary alicyclic amines) is 1. The molecule has 5 nitrogen and oxygen atoms in total. The summed E-state index contributed by atoms with van der Waals surface area (Å²) in [5.41, 5.74) is 0.196. The summed E-state index contributed by atoms with van der Waals surface area (Å²) < 4.78 is 31.8. The molecule has 0 aliphatic carbocycles. The van der Waals surface area contributed by atoms with Crippen molar-refractivity contribution in [3.63, 3.8) is 0 Å². The van der Waals surface area contributed by atoms with Gasteiger partial charge in [-0.3, -0.25) is 4.79 Å². The van der Waals surface area contributed by atoms with Crippen molar-refractivity contribution in [2.75, 3.05) is 26.7 Å². The van der Waals surface area contributed by atoms with Gasteiger partial charge < -0.3 is 15.0 Å². The first kappa shape index (κ1) is 18.2. The third-order valence-corrected chi connectivity index (χ3v) is 4.16. The van der Waals surface area contributed by atoms with Gasteiger partial charge >= 0.3 is 5.97 Å². The van der Waals surface area contributed by atoms with Crippen LogP contribution in [0.5, 0.6) is 0 Å². The molecule has 1 saturated heterocycles. The topological polar surface area (TPSA) is 53.9 Å². The van der Waals surface area contributed by atoms with Gasteiger partial charge in [-0.1, -0.05) is 6.92 Å². The first-order chi connectivity index (χ1) is 11.5. The Kier molecular flexibility index (Phi) is 6.11. The van der Waals surface area contributed by atoms with Crippen LogP contribution >= 0.6 is 0 Å². The van der Waals surface area contributed by atoms with Crippen molar-refractivity contribution in [1.82, 2.24) is 10.2 Å². The van der Waals surface area contributed by atoms with E-state index in [1.54, 1.807) is 0 Å². The molecule has 2 atom stereocenters. The number of hydrogen-bond donors (Lipinski definition) is 1. The van der Waals surface area contributed by atoms with E-state index in [0.717, 1.165) is 18.2 Å². The maximum Gasteiger partial charge on any atom is 0.310 e. The SMILES string of the molecule is CCNC(=NCc1cc(F)ccc1F)N1CC(C)C(C(=O)OC)C1. The molecule has 1 fully saturated rings. The van der Waals surface area contributed by atoms with Gasteiger partial charge in [0.05, 0.1) is 19.6 Å². The second-order valence-electron chi connectivity index (χ2n) is 5.92. The zero-order valence-corrected chi connectivity index (χ0v) is 14.2. The zero-order valence-electron chi connectivity index (χ0n) is 14.2. The Hall–Kier alpha value is -2.18. The van der Waals surface area contributed by atoms with Crippen LogP contribution in [-0.2, 0) is 16.1 Å². The van der Waals surface area contributed by atoms with Gasteiger partial charge in [-0.2, -0.15) is 0 Å². The van der Waals surface area contributed by atoms with Crippen LogP contribution in [0.25, 0.3) is 0 Å². The van der Waals surface area contributed by atoms with Crippen LogP contribution in [0.4, 0.5) is 8.78 Å². The number of rotatable bonds is 4. The fraction of sp³-hybridized carbons (Fsp3) is 0.529. The first-order valence-electron chi connectivity index (χ1n) is 8.01. The van der Waals surface area contributed by atoms with Crippen molar-refractivity contribution in [3.05, 3.63) is 35.4 Å². The number of guanidine groups is 1. The number of nitrogens with zero attached hydrogens (tertiary/aromatic N) is 2. The standard InChI is InChI=1S/C17H23F2N3O2/c1-4-20-17(21-8-12-7-13(18)5-6-15(12)19)22-9-11(2)14(10-22)16(23)24-3/h5-7,11,14H,4,8-10H2,1-3H3,(H,20,21). The number of esters is 1. The second kappa shape index (κ2) is 8.08. The number of nitrogens with one attached hydrogen (secondary N) is 1. The van der Waals surface area contributed by atoms with E-state index in [4.69, 9.17) is 4.74 Å². The van der Waals surface area contributed by atoms with E-state index in [2.05, 4.69) is 10.3 Å². The molecular formula is C17H23F2N3O2. The third kappa shape index (κ3) is 4.21. The van der Waals surface area contributed by atoms with Crippen LogP contribution in [-0.4, -0.2) is 43.6 Å². The van der Waals surface area contributed by atoms with Gasteiger partial charge in [0.25, 0.3) is 0 Å². The average molecular weight is 339 g/mol. The van der Waals surface area contributed by atoms with Crippen molar-refractivity contribution >= 4 is 11.9 Å². The van der Waals surface area contributed by atoms with E-state index in [1.165, 1.54) is 7.11 Å². The Labute approximate surface area is 140 Å². The van der Waals surface area contributed by atoms with E-state index in [9.17, 15) is 13.6 Å². The molecule has 1 N–H and O–H groups in total. The van der Waals surface area contributed by atoms with Crippen LogP contribution in [0.2, 0.25) is 0 Å². The van der Waals surface area contributed by atoms with Crippen LogP contribution < -0.4 is 5.32 Å². The van der Waals surface area contributed by atoms with E-state index in [1.807, 2.05) is 18.7 Å². The summed E-state index contributed by atoms with van der Waals surface area (Å²) in [6.45, 7) is 5.72. The van der Waals surface area contributed by atoms with Crippen molar-refractivity contribution in [2.45, 2.75) is 20.4 Å². The Morgan fingerprint density at radius 2 is 2.17 bits per heavy atom. The molecule has 132 valence electrons. The van der Waals surface area contributed by atoms with E-state index >= 15 is 0 Å². The fourth-order valence-corrected chi connectivity index (χ4v) is 2.85. The minimum absolute atomic E-state index is 0.0275. The van der Waals surface area contributed by atoms with Gasteiger partial charge in [0, 0.05) is 25.2 Å². The van der Waals surface area contributed by atoms with Crippen molar-refractivity contribution in [3.8, 4) is 0 Å². The minimum atomic E-state index is -0.493. The van der Waals surface area contributed by atoms with Crippen LogP contribution in [0.15, 0.2) is 23.2 Å². The molecule has 0 spiro atoms. The van der Waals surface area contributed by atoms with Gasteiger partial charge in [-0.05, 0) is 31.0 Å². The average Bonchev–Trinajstić information content (AvgIpc) is 2.95. The van der Waals surface area contributed by atoms with E-state index in [-0.39, 0.29) is 29.9 Å². The first-order valence-corrected chi connectivity index (χ1v) is 8.01. The monoisotopic (exact) mass is 339 g/mol. The van der Waals surface area contributed by atoms with Gasteiger partial charge in [-0.15, -0.1) is 0 Å². The summed E-state index contributed by atoms with van der Waals surface area (Å²) >= 11 is 0. The molecular weight excluding hydrogens is 316 g/mol. The fourth-order valence-electron chi connectivity index (χ4n) is 2.85. The predicted molar refractivity (Wildman–Crippen MR) is 87.4 cm³/mol. The molecule has 0 aromatic heterocycles. The third-order valence-electron chi connectivity index (χ3n) is 4.16. The molecule has 2 unspecified atom stereocenters. The molecule has 1 aliphatic heterocycles. The number of methoxy groups -OCH3 is 1. The van der Waals surface area contributed by atoms with Crippen LogP contribution in [0, 0.1) is 23.5 Å².